The van der Waals surface area contributed by atoms with E-state index in [1.165, 1.54) is 0 Å². The van der Waals surface area contributed by atoms with E-state index < -0.39 is 24.4 Å². The summed E-state index contributed by atoms with van der Waals surface area (Å²) in [4.78, 5) is 8.77. The Morgan fingerprint density at radius 2 is 0.766 bits per heavy atom. The van der Waals surface area contributed by atoms with Crippen LogP contribution in [0.3, 0.4) is 0 Å². The molecule has 0 N–H and O–H groups in total. The lowest BCUT2D eigenvalue weighted by Crippen LogP contribution is -2.31. The first-order valence-electron chi connectivity index (χ1n) is 15.6. The average Bonchev–Trinajstić information content (AvgIpc) is 3.11. The standard InChI is InChI=1S/C40H36N2O5/c1-29(43-37-17-9-11-27-41-37)39(31-19-23-35(24-20-31)45-33-13-5-3-6-14-33)47-40(30(2)44-38-18-10-12-28-42-38)32-21-25-36(26-22-32)46-34-15-7-4-8-16-34/h3-30,39-40H,1-2H3/t29-,30-,39?,40?/m0/s1. The third kappa shape index (κ3) is 8.75. The first-order valence-corrected chi connectivity index (χ1v) is 15.6. The Hall–Kier alpha value is -5.66. The van der Waals surface area contributed by atoms with E-state index in [9.17, 15) is 0 Å². The highest BCUT2D eigenvalue weighted by Gasteiger charge is 2.31. The number of hydrogen-bond acceptors (Lipinski definition) is 7. The minimum atomic E-state index is -0.511. The van der Waals surface area contributed by atoms with Crippen molar-refractivity contribution in [3.63, 3.8) is 0 Å². The zero-order chi connectivity index (χ0) is 32.3. The summed E-state index contributed by atoms with van der Waals surface area (Å²) >= 11 is 0. The van der Waals surface area contributed by atoms with Crippen molar-refractivity contribution in [3.05, 3.63) is 169 Å². The van der Waals surface area contributed by atoms with E-state index in [4.69, 9.17) is 23.7 Å². The zero-order valence-corrected chi connectivity index (χ0v) is 26.3. The first kappa shape index (κ1) is 31.3. The number of pyridine rings is 2. The number of ether oxygens (including phenoxy) is 5. The molecule has 2 unspecified atom stereocenters. The monoisotopic (exact) mass is 624 g/mol. The predicted molar refractivity (Wildman–Crippen MR) is 181 cm³/mol. The lowest BCUT2D eigenvalue weighted by atomic mass is 10.0. The van der Waals surface area contributed by atoms with E-state index in [0.29, 0.717) is 11.8 Å². The maximum Gasteiger partial charge on any atom is 0.213 e. The molecule has 4 aromatic carbocycles. The summed E-state index contributed by atoms with van der Waals surface area (Å²) in [5, 5.41) is 0. The van der Waals surface area contributed by atoms with Gasteiger partial charge < -0.3 is 23.7 Å². The van der Waals surface area contributed by atoms with Crippen LogP contribution < -0.4 is 18.9 Å². The second kappa shape index (κ2) is 15.6. The van der Waals surface area contributed by atoms with Crippen molar-refractivity contribution < 1.29 is 23.7 Å². The fourth-order valence-corrected chi connectivity index (χ4v) is 5.12. The van der Waals surface area contributed by atoms with E-state index in [2.05, 4.69) is 9.97 Å². The molecule has 0 fully saturated rings. The van der Waals surface area contributed by atoms with Gasteiger partial charge in [-0.3, -0.25) is 0 Å². The molecular weight excluding hydrogens is 588 g/mol. The van der Waals surface area contributed by atoms with Gasteiger partial charge in [-0.15, -0.1) is 0 Å². The number of benzene rings is 4. The molecule has 0 aliphatic heterocycles. The summed E-state index contributed by atoms with van der Waals surface area (Å²) in [6.45, 7) is 3.96. The minimum absolute atomic E-state index is 0.420. The van der Waals surface area contributed by atoms with Crippen LogP contribution in [0.15, 0.2) is 158 Å². The van der Waals surface area contributed by atoms with Crippen molar-refractivity contribution in [2.75, 3.05) is 0 Å². The largest absolute Gasteiger partial charge is 0.471 e. The van der Waals surface area contributed by atoms with Crippen LogP contribution in [0.5, 0.6) is 34.8 Å². The van der Waals surface area contributed by atoms with Crippen molar-refractivity contribution in [2.24, 2.45) is 0 Å². The van der Waals surface area contributed by atoms with Crippen molar-refractivity contribution in [3.8, 4) is 34.8 Å². The Morgan fingerprint density at radius 3 is 1.13 bits per heavy atom. The molecule has 0 bridgehead atoms. The van der Waals surface area contributed by atoms with Gasteiger partial charge in [-0.2, -0.15) is 0 Å². The lowest BCUT2D eigenvalue weighted by molar-refractivity contribution is -0.103. The van der Waals surface area contributed by atoms with Crippen molar-refractivity contribution in [1.82, 2.24) is 9.97 Å². The Balaban J connectivity index is 1.30. The van der Waals surface area contributed by atoms with Gasteiger partial charge in [0.25, 0.3) is 0 Å². The molecule has 0 saturated heterocycles. The number of rotatable bonds is 14. The maximum absolute atomic E-state index is 7.02. The van der Waals surface area contributed by atoms with E-state index in [-0.39, 0.29) is 0 Å². The zero-order valence-electron chi connectivity index (χ0n) is 26.3. The van der Waals surface area contributed by atoms with E-state index in [1.54, 1.807) is 12.4 Å². The molecular formula is C40H36N2O5. The number of nitrogens with zero attached hydrogens (tertiary/aromatic N) is 2. The molecule has 0 saturated carbocycles. The number of aromatic nitrogens is 2. The van der Waals surface area contributed by atoms with Crippen LogP contribution in [-0.2, 0) is 4.74 Å². The van der Waals surface area contributed by atoms with Crippen LogP contribution in [-0.4, -0.2) is 22.2 Å². The van der Waals surface area contributed by atoms with Gasteiger partial charge in [0.15, 0.2) is 0 Å². The maximum atomic E-state index is 7.02. The molecule has 7 heteroatoms. The summed E-state index contributed by atoms with van der Waals surface area (Å²) in [5.41, 5.74) is 1.82. The molecule has 236 valence electrons. The van der Waals surface area contributed by atoms with E-state index in [0.717, 1.165) is 34.1 Å². The van der Waals surface area contributed by atoms with Crippen molar-refractivity contribution in [2.45, 2.75) is 38.3 Å². The summed E-state index contributed by atoms with van der Waals surface area (Å²) in [6.07, 6.45) is 1.55. The second-order valence-electron chi connectivity index (χ2n) is 10.9. The average molecular weight is 625 g/mol. The Bertz CT molecular complexity index is 1640. The van der Waals surface area contributed by atoms with Gasteiger partial charge in [-0.1, -0.05) is 72.8 Å². The summed E-state index contributed by atoms with van der Waals surface area (Å²) < 4.78 is 31.8. The minimum Gasteiger partial charge on any atom is -0.471 e. The number of hydrogen-bond donors (Lipinski definition) is 0. The Morgan fingerprint density at radius 1 is 0.404 bits per heavy atom. The molecule has 0 aliphatic rings. The third-order valence-corrected chi connectivity index (χ3v) is 7.41. The van der Waals surface area contributed by atoms with Crippen LogP contribution in [0.2, 0.25) is 0 Å². The normalized spacial score (nSPS) is 13.5. The van der Waals surface area contributed by atoms with E-state index in [1.807, 2.05) is 159 Å². The van der Waals surface area contributed by atoms with Crippen LogP contribution in [0.1, 0.15) is 37.2 Å². The molecule has 0 amide bonds. The quantitative estimate of drug-likeness (QED) is 0.119. The van der Waals surface area contributed by atoms with Gasteiger partial charge in [0.1, 0.15) is 47.4 Å². The fourth-order valence-electron chi connectivity index (χ4n) is 5.12. The second-order valence-corrected chi connectivity index (χ2v) is 10.9. The number of para-hydroxylation sites is 2. The SMILES string of the molecule is C[C@H](Oc1ccccn1)C(OC(c1ccc(Oc2ccccc2)cc1)[C@H](C)Oc1ccccn1)c1ccc(Oc2ccccc2)cc1. The molecule has 6 rings (SSSR count). The Labute approximate surface area is 275 Å². The van der Waals surface area contributed by atoms with Crippen LogP contribution in [0, 0.1) is 0 Å². The molecule has 4 atom stereocenters. The summed E-state index contributed by atoms with van der Waals surface area (Å²) in [6, 6.07) is 46.3. The molecule has 47 heavy (non-hydrogen) atoms. The van der Waals surface area contributed by atoms with Gasteiger partial charge in [-0.05, 0) is 85.6 Å². The van der Waals surface area contributed by atoms with Gasteiger partial charge in [0.2, 0.25) is 11.8 Å². The highest BCUT2D eigenvalue weighted by molar-refractivity contribution is 5.36. The van der Waals surface area contributed by atoms with Crippen LogP contribution >= 0.6 is 0 Å². The fraction of sp³-hybridized carbons (Fsp3) is 0.150. The molecule has 6 aromatic rings. The molecule has 2 aromatic heterocycles. The molecule has 0 aliphatic carbocycles. The van der Waals surface area contributed by atoms with Gasteiger partial charge in [-0.25, -0.2) is 9.97 Å². The predicted octanol–water partition coefficient (Wildman–Crippen LogP) is 9.80. The van der Waals surface area contributed by atoms with E-state index >= 15 is 0 Å². The molecule has 2 heterocycles. The smallest absolute Gasteiger partial charge is 0.213 e. The van der Waals surface area contributed by atoms with Crippen molar-refractivity contribution >= 4 is 0 Å². The van der Waals surface area contributed by atoms with Gasteiger partial charge in [0, 0.05) is 24.5 Å². The van der Waals surface area contributed by atoms with Gasteiger partial charge in [0.05, 0.1) is 0 Å². The van der Waals surface area contributed by atoms with Crippen LogP contribution in [0.4, 0.5) is 0 Å². The lowest BCUT2D eigenvalue weighted by Gasteiger charge is -2.32. The molecule has 7 nitrogen and oxygen atoms in total. The highest BCUT2D eigenvalue weighted by Crippen LogP contribution is 2.36. The van der Waals surface area contributed by atoms with Crippen LogP contribution in [0.25, 0.3) is 0 Å². The highest BCUT2D eigenvalue weighted by atomic mass is 16.6. The van der Waals surface area contributed by atoms with Gasteiger partial charge >= 0.3 is 0 Å². The molecule has 0 radical (unpaired) electrons. The molecule has 0 spiro atoms. The third-order valence-electron chi connectivity index (χ3n) is 7.41. The summed E-state index contributed by atoms with van der Waals surface area (Å²) in [7, 11) is 0. The van der Waals surface area contributed by atoms with Crippen molar-refractivity contribution in [1.29, 1.82) is 0 Å². The first-order chi connectivity index (χ1) is 23.1. The Kier molecular flexibility index (Phi) is 10.4. The summed E-state index contributed by atoms with van der Waals surface area (Å²) in [5.74, 6) is 3.98. The topological polar surface area (TPSA) is 71.9 Å².